The highest BCUT2D eigenvalue weighted by Gasteiger charge is 2.15. The predicted molar refractivity (Wildman–Crippen MR) is 111 cm³/mol. The minimum absolute atomic E-state index is 0.531. The van der Waals surface area contributed by atoms with Gasteiger partial charge in [-0.1, -0.05) is 12.1 Å². The highest BCUT2D eigenvalue weighted by Crippen LogP contribution is 2.16. The molecular formula is C22H29N5O. The Morgan fingerprint density at radius 1 is 1.11 bits per heavy atom. The SMILES string of the molecule is CN1CCN(c2cc(CNCc3cccc(OCCCC#N)c3)ccn2)CC1. The lowest BCUT2D eigenvalue weighted by Crippen LogP contribution is -2.44. The lowest BCUT2D eigenvalue weighted by Gasteiger charge is -2.33. The van der Waals surface area contributed by atoms with Crippen LogP contribution in [0.25, 0.3) is 0 Å². The van der Waals surface area contributed by atoms with Crippen molar-refractivity contribution in [3.8, 4) is 11.8 Å². The first-order valence-corrected chi connectivity index (χ1v) is 9.92. The third-order valence-corrected chi connectivity index (χ3v) is 4.90. The molecular weight excluding hydrogens is 350 g/mol. The third-order valence-electron chi connectivity index (χ3n) is 4.90. The van der Waals surface area contributed by atoms with Crippen molar-refractivity contribution >= 4 is 5.82 Å². The maximum absolute atomic E-state index is 8.58. The molecule has 0 spiro atoms. The van der Waals surface area contributed by atoms with E-state index in [4.69, 9.17) is 10.00 Å². The van der Waals surface area contributed by atoms with Gasteiger partial charge in [-0.25, -0.2) is 4.98 Å². The fraction of sp³-hybridized carbons (Fsp3) is 0.455. The molecule has 1 fully saturated rings. The van der Waals surface area contributed by atoms with E-state index in [1.165, 1.54) is 11.1 Å². The smallest absolute Gasteiger partial charge is 0.128 e. The third kappa shape index (κ3) is 6.22. The van der Waals surface area contributed by atoms with Gasteiger partial charge >= 0.3 is 0 Å². The Bertz CT molecular complexity index is 780. The van der Waals surface area contributed by atoms with Gasteiger partial charge in [0.25, 0.3) is 0 Å². The number of unbranched alkanes of at least 4 members (excludes halogenated alkanes) is 1. The molecule has 3 rings (SSSR count). The van der Waals surface area contributed by atoms with Gasteiger partial charge in [-0.2, -0.15) is 5.26 Å². The van der Waals surface area contributed by atoms with Crippen molar-refractivity contribution in [2.24, 2.45) is 0 Å². The van der Waals surface area contributed by atoms with Crippen molar-refractivity contribution in [1.82, 2.24) is 15.2 Å². The first-order chi connectivity index (χ1) is 13.7. The topological polar surface area (TPSA) is 64.4 Å². The first kappa shape index (κ1) is 20.1. The average Bonchev–Trinajstić information content (AvgIpc) is 2.72. The van der Waals surface area contributed by atoms with Gasteiger partial charge in [0.05, 0.1) is 12.7 Å². The molecule has 2 aromatic rings. The lowest BCUT2D eigenvalue weighted by molar-refractivity contribution is 0.312. The number of rotatable bonds is 9. The van der Waals surface area contributed by atoms with Crippen LogP contribution in [0, 0.1) is 11.3 Å². The number of hydrogen-bond donors (Lipinski definition) is 1. The summed E-state index contributed by atoms with van der Waals surface area (Å²) >= 11 is 0. The molecule has 1 aliphatic heterocycles. The van der Waals surface area contributed by atoms with E-state index < -0.39 is 0 Å². The number of ether oxygens (including phenoxy) is 1. The van der Waals surface area contributed by atoms with Crippen LogP contribution in [0.3, 0.4) is 0 Å². The molecule has 28 heavy (non-hydrogen) atoms. The number of nitrogens with zero attached hydrogens (tertiary/aromatic N) is 4. The van der Waals surface area contributed by atoms with Crippen LogP contribution in [-0.2, 0) is 13.1 Å². The van der Waals surface area contributed by atoms with E-state index in [1.807, 2.05) is 18.3 Å². The zero-order chi connectivity index (χ0) is 19.6. The molecule has 6 heteroatoms. The molecule has 2 heterocycles. The number of anilines is 1. The average molecular weight is 380 g/mol. The molecule has 0 aliphatic carbocycles. The quantitative estimate of drug-likeness (QED) is 0.676. The van der Waals surface area contributed by atoms with E-state index in [-0.39, 0.29) is 0 Å². The summed E-state index contributed by atoms with van der Waals surface area (Å²) in [7, 11) is 2.16. The Kier molecular flexibility index (Phi) is 7.65. The number of aromatic nitrogens is 1. The van der Waals surface area contributed by atoms with E-state index in [0.29, 0.717) is 13.0 Å². The summed E-state index contributed by atoms with van der Waals surface area (Å²) in [6, 6.07) is 14.5. The zero-order valence-electron chi connectivity index (χ0n) is 16.6. The van der Waals surface area contributed by atoms with E-state index in [2.05, 4.69) is 57.5 Å². The van der Waals surface area contributed by atoms with Gasteiger partial charge in [0.1, 0.15) is 11.6 Å². The Morgan fingerprint density at radius 3 is 2.68 bits per heavy atom. The summed E-state index contributed by atoms with van der Waals surface area (Å²) in [4.78, 5) is 9.26. The fourth-order valence-corrected chi connectivity index (χ4v) is 3.22. The van der Waals surface area contributed by atoms with Crippen molar-refractivity contribution in [2.45, 2.75) is 25.9 Å². The molecule has 0 amide bonds. The van der Waals surface area contributed by atoms with Gasteiger partial charge in [-0.3, -0.25) is 0 Å². The summed E-state index contributed by atoms with van der Waals surface area (Å²) in [5.41, 5.74) is 2.43. The first-order valence-electron chi connectivity index (χ1n) is 9.92. The van der Waals surface area contributed by atoms with Crippen LogP contribution in [0.2, 0.25) is 0 Å². The van der Waals surface area contributed by atoms with E-state index in [0.717, 1.165) is 57.3 Å². The largest absolute Gasteiger partial charge is 0.494 e. The monoisotopic (exact) mass is 379 g/mol. The maximum atomic E-state index is 8.58. The highest BCUT2D eigenvalue weighted by atomic mass is 16.5. The maximum Gasteiger partial charge on any atom is 0.128 e. The van der Waals surface area contributed by atoms with Crippen LogP contribution < -0.4 is 15.0 Å². The molecule has 1 N–H and O–H groups in total. The molecule has 0 unspecified atom stereocenters. The van der Waals surface area contributed by atoms with E-state index in [1.54, 1.807) is 0 Å². The number of likely N-dealkylation sites (N-methyl/N-ethyl adjacent to an activating group) is 1. The predicted octanol–water partition coefficient (Wildman–Crippen LogP) is 2.81. The molecule has 0 radical (unpaired) electrons. The number of pyridine rings is 1. The zero-order valence-corrected chi connectivity index (χ0v) is 16.6. The molecule has 1 aromatic carbocycles. The second-order valence-corrected chi connectivity index (χ2v) is 7.17. The Labute approximate surface area is 167 Å². The van der Waals surface area contributed by atoms with Crippen LogP contribution in [0.4, 0.5) is 5.82 Å². The van der Waals surface area contributed by atoms with Gasteiger partial charge < -0.3 is 19.9 Å². The Hall–Kier alpha value is -2.62. The summed E-state index contributed by atoms with van der Waals surface area (Å²) < 4.78 is 5.71. The van der Waals surface area contributed by atoms with E-state index >= 15 is 0 Å². The van der Waals surface area contributed by atoms with Gasteiger partial charge in [-0.15, -0.1) is 0 Å². The van der Waals surface area contributed by atoms with Crippen molar-refractivity contribution in [3.63, 3.8) is 0 Å². The number of nitriles is 1. The molecule has 0 atom stereocenters. The van der Waals surface area contributed by atoms with Gasteiger partial charge in [0.2, 0.25) is 0 Å². The normalized spacial score (nSPS) is 14.6. The molecule has 1 aromatic heterocycles. The highest BCUT2D eigenvalue weighted by molar-refractivity contribution is 5.41. The van der Waals surface area contributed by atoms with Gasteiger partial charge in [-0.05, 0) is 48.9 Å². The summed E-state index contributed by atoms with van der Waals surface area (Å²) in [6.45, 7) is 6.38. The number of piperazine rings is 1. The number of benzene rings is 1. The van der Waals surface area contributed by atoms with Crippen molar-refractivity contribution in [3.05, 3.63) is 53.7 Å². The number of nitrogens with one attached hydrogen (secondary N) is 1. The van der Waals surface area contributed by atoms with Crippen LogP contribution in [0.1, 0.15) is 24.0 Å². The van der Waals surface area contributed by atoms with Gasteiger partial charge in [0.15, 0.2) is 0 Å². The molecule has 1 aliphatic rings. The van der Waals surface area contributed by atoms with E-state index in [9.17, 15) is 0 Å². The Balaban J connectivity index is 1.47. The summed E-state index contributed by atoms with van der Waals surface area (Å²) in [5, 5.41) is 12.1. The fourth-order valence-electron chi connectivity index (χ4n) is 3.22. The molecule has 1 saturated heterocycles. The molecule has 0 bridgehead atoms. The molecule has 0 saturated carbocycles. The minimum Gasteiger partial charge on any atom is -0.494 e. The molecule has 148 valence electrons. The standard InChI is InChI=1S/C22H29N5O/c1-26-10-12-27(13-11-26)22-16-20(7-9-25-22)18-24-17-19-5-4-6-21(15-19)28-14-3-2-8-23/h4-7,9,15-16,24H,2-3,10-14,17-18H2,1H3. The van der Waals surface area contributed by atoms with Crippen LogP contribution >= 0.6 is 0 Å². The molecule has 6 nitrogen and oxygen atoms in total. The van der Waals surface area contributed by atoms with Crippen molar-refractivity contribution in [1.29, 1.82) is 5.26 Å². The Morgan fingerprint density at radius 2 is 1.89 bits per heavy atom. The minimum atomic E-state index is 0.531. The summed E-state index contributed by atoms with van der Waals surface area (Å²) in [5.74, 6) is 1.93. The van der Waals surface area contributed by atoms with Crippen LogP contribution in [0.15, 0.2) is 42.6 Å². The van der Waals surface area contributed by atoms with Gasteiger partial charge in [0, 0.05) is 51.9 Å². The lowest BCUT2D eigenvalue weighted by atomic mass is 10.2. The number of hydrogen-bond acceptors (Lipinski definition) is 6. The second-order valence-electron chi connectivity index (χ2n) is 7.17. The van der Waals surface area contributed by atoms with Crippen molar-refractivity contribution < 1.29 is 4.74 Å². The van der Waals surface area contributed by atoms with Crippen molar-refractivity contribution in [2.75, 3.05) is 44.7 Å². The summed E-state index contributed by atoms with van der Waals surface area (Å²) in [6.07, 6.45) is 3.19. The van der Waals surface area contributed by atoms with Crippen LogP contribution in [0.5, 0.6) is 5.75 Å². The van der Waals surface area contributed by atoms with Crippen LogP contribution in [-0.4, -0.2) is 49.7 Å². The second kappa shape index (κ2) is 10.6.